The molecule has 1 heterocycles. The molecule has 2 rings (SSSR count). The quantitative estimate of drug-likeness (QED) is 0.804. The standard InChI is InChI=1S/C15H15F3N2O3/c1-9-7-11(13(23-9)15(16,17)18)20-14(22)19-8-12(21)10-5-3-2-4-6-10/h2-7,12,21H,8H2,1H3,(H2,19,20,22). The zero-order valence-corrected chi connectivity index (χ0v) is 12.1. The molecule has 2 amide bonds. The van der Waals surface area contributed by atoms with Gasteiger partial charge in [-0.05, 0) is 12.5 Å². The highest BCUT2D eigenvalue weighted by atomic mass is 19.4. The monoisotopic (exact) mass is 328 g/mol. The first-order valence-corrected chi connectivity index (χ1v) is 6.73. The van der Waals surface area contributed by atoms with Crippen molar-refractivity contribution in [1.29, 1.82) is 0 Å². The highest BCUT2D eigenvalue weighted by molar-refractivity contribution is 5.90. The van der Waals surface area contributed by atoms with Crippen LogP contribution in [0.25, 0.3) is 0 Å². The fourth-order valence-electron chi connectivity index (χ4n) is 1.97. The molecule has 23 heavy (non-hydrogen) atoms. The van der Waals surface area contributed by atoms with E-state index in [1.807, 2.05) is 0 Å². The van der Waals surface area contributed by atoms with Crippen molar-refractivity contribution >= 4 is 11.7 Å². The molecule has 0 spiro atoms. The van der Waals surface area contributed by atoms with Crippen molar-refractivity contribution in [2.24, 2.45) is 0 Å². The predicted molar refractivity (Wildman–Crippen MR) is 76.9 cm³/mol. The fraction of sp³-hybridized carbons (Fsp3) is 0.267. The van der Waals surface area contributed by atoms with E-state index in [0.717, 1.165) is 6.07 Å². The zero-order chi connectivity index (χ0) is 17.0. The van der Waals surface area contributed by atoms with E-state index in [1.165, 1.54) is 6.92 Å². The summed E-state index contributed by atoms with van der Waals surface area (Å²) < 4.78 is 42.8. The summed E-state index contributed by atoms with van der Waals surface area (Å²) in [4.78, 5) is 11.7. The third kappa shape index (κ3) is 4.49. The maximum atomic E-state index is 12.7. The van der Waals surface area contributed by atoms with Gasteiger partial charge in [-0.1, -0.05) is 30.3 Å². The van der Waals surface area contributed by atoms with E-state index in [9.17, 15) is 23.1 Å². The molecule has 0 bridgehead atoms. The number of hydrogen-bond acceptors (Lipinski definition) is 3. The summed E-state index contributed by atoms with van der Waals surface area (Å²) in [7, 11) is 0. The lowest BCUT2D eigenvalue weighted by atomic mass is 10.1. The van der Waals surface area contributed by atoms with Gasteiger partial charge in [0.05, 0.1) is 11.8 Å². The second-order valence-electron chi connectivity index (χ2n) is 4.86. The lowest BCUT2D eigenvalue weighted by Crippen LogP contribution is -2.32. The Bertz CT molecular complexity index is 668. The Kier molecular flexibility index (Phi) is 4.95. The third-order valence-corrected chi connectivity index (χ3v) is 3.00. The smallest absolute Gasteiger partial charge is 0.451 e. The number of carbonyl (C=O) groups is 1. The van der Waals surface area contributed by atoms with Crippen LogP contribution in [0.4, 0.5) is 23.7 Å². The zero-order valence-electron chi connectivity index (χ0n) is 12.1. The van der Waals surface area contributed by atoms with Gasteiger partial charge in [-0.25, -0.2) is 4.79 Å². The Labute approximate surface area is 130 Å². The topological polar surface area (TPSA) is 74.5 Å². The van der Waals surface area contributed by atoms with Gasteiger partial charge in [-0.15, -0.1) is 0 Å². The number of hydrogen-bond donors (Lipinski definition) is 3. The minimum atomic E-state index is -4.71. The van der Waals surface area contributed by atoms with Crippen molar-refractivity contribution < 1.29 is 27.5 Å². The van der Waals surface area contributed by atoms with Crippen molar-refractivity contribution in [3.8, 4) is 0 Å². The van der Waals surface area contributed by atoms with E-state index in [2.05, 4.69) is 15.1 Å². The van der Waals surface area contributed by atoms with E-state index in [-0.39, 0.29) is 12.3 Å². The number of aliphatic hydroxyl groups excluding tert-OH is 1. The van der Waals surface area contributed by atoms with Crippen LogP contribution in [0.1, 0.15) is 23.2 Å². The number of rotatable bonds is 4. The van der Waals surface area contributed by atoms with Crippen LogP contribution in [0.2, 0.25) is 0 Å². The molecule has 1 aromatic carbocycles. The summed E-state index contributed by atoms with van der Waals surface area (Å²) in [6, 6.07) is 8.78. The molecule has 1 atom stereocenters. The van der Waals surface area contributed by atoms with Crippen LogP contribution in [-0.2, 0) is 6.18 Å². The Balaban J connectivity index is 1.96. The SMILES string of the molecule is Cc1cc(NC(=O)NCC(O)c2ccccc2)c(C(F)(F)F)o1. The van der Waals surface area contributed by atoms with Gasteiger partial charge < -0.3 is 20.2 Å². The lowest BCUT2D eigenvalue weighted by molar-refractivity contribution is -0.152. The maximum Gasteiger partial charge on any atom is 0.451 e. The number of alkyl halides is 3. The van der Waals surface area contributed by atoms with Gasteiger partial charge in [0.2, 0.25) is 5.76 Å². The summed E-state index contributed by atoms with van der Waals surface area (Å²) in [6.07, 6.45) is -5.67. The number of aryl methyl sites for hydroxylation is 1. The number of carbonyl (C=O) groups excluding carboxylic acids is 1. The summed E-state index contributed by atoms with van der Waals surface area (Å²) in [5.74, 6) is -1.24. The van der Waals surface area contributed by atoms with Gasteiger partial charge in [0.1, 0.15) is 5.76 Å². The van der Waals surface area contributed by atoms with Crippen LogP contribution in [0.5, 0.6) is 0 Å². The van der Waals surface area contributed by atoms with Crippen LogP contribution in [0.3, 0.4) is 0 Å². The van der Waals surface area contributed by atoms with Crippen LogP contribution in [0, 0.1) is 6.92 Å². The van der Waals surface area contributed by atoms with Gasteiger partial charge in [-0.2, -0.15) is 13.2 Å². The van der Waals surface area contributed by atoms with Crippen LogP contribution < -0.4 is 10.6 Å². The van der Waals surface area contributed by atoms with Crippen molar-refractivity contribution in [3.63, 3.8) is 0 Å². The number of furan rings is 1. The van der Waals surface area contributed by atoms with E-state index < -0.39 is 29.8 Å². The number of halogens is 3. The van der Waals surface area contributed by atoms with E-state index in [0.29, 0.717) is 5.56 Å². The number of urea groups is 1. The van der Waals surface area contributed by atoms with Crippen LogP contribution in [0.15, 0.2) is 40.8 Å². The number of benzene rings is 1. The van der Waals surface area contributed by atoms with Crippen LogP contribution >= 0.6 is 0 Å². The number of anilines is 1. The van der Waals surface area contributed by atoms with E-state index in [1.54, 1.807) is 30.3 Å². The van der Waals surface area contributed by atoms with Gasteiger partial charge in [0, 0.05) is 12.6 Å². The highest BCUT2D eigenvalue weighted by Crippen LogP contribution is 2.36. The number of nitrogens with one attached hydrogen (secondary N) is 2. The molecule has 5 nitrogen and oxygen atoms in total. The fourth-order valence-corrected chi connectivity index (χ4v) is 1.97. The lowest BCUT2D eigenvalue weighted by Gasteiger charge is -2.13. The molecule has 0 aliphatic carbocycles. The first kappa shape index (κ1) is 16.9. The molecule has 0 saturated heterocycles. The Morgan fingerprint density at radius 1 is 1.30 bits per heavy atom. The van der Waals surface area contributed by atoms with E-state index in [4.69, 9.17) is 0 Å². The molecule has 0 fully saturated rings. The second-order valence-corrected chi connectivity index (χ2v) is 4.86. The van der Waals surface area contributed by atoms with Gasteiger partial charge in [-0.3, -0.25) is 0 Å². The molecule has 0 aliphatic rings. The normalized spacial score (nSPS) is 12.7. The summed E-state index contributed by atoms with van der Waals surface area (Å²) in [6.45, 7) is 1.20. The van der Waals surface area contributed by atoms with Crippen molar-refractivity contribution in [3.05, 3.63) is 53.5 Å². The molecule has 0 aliphatic heterocycles. The van der Waals surface area contributed by atoms with E-state index >= 15 is 0 Å². The van der Waals surface area contributed by atoms with Crippen LogP contribution in [-0.4, -0.2) is 17.7 Å². The molecular formula is C15H15F3N2O3. The largest absolute Gasteiger partial charge is 0.455 e. The molecular weight excluding hydrogens is 313 g/mol. The molecule has 0 saturated carbocycles. The van der Waals surface area contributed by atoms with Crippen molar-refractivity contribution in [1.82, 2.24) is 5.32 Å². The Morgan fingerprint density at radius 3 is 2.57 bits per heavy atom. The molecule has 1 aromatic heterocycles. The van der Waals surface area contributed by atoms with Crippen molar-refractivity contribution in [2.75, 3.05) is 11.9 Å². The summed E-state index contributed by atoms with van der Waals surface area (Å²) >= 11 is 0. The van der Waals surface area contributed by atoms with Gasteiger partial charge >= 0.3 is 12.2 Å². The molecule has 8 heteroatoms. The molecule has 0 radical (unpaired) electrons. The Hall–Kier alpha value is -2.48. The van der Waals surface area contributed by atoms with Crippen molar-refractivity contribution in [2.45, 2.75) is 19.2 Å². The summed E-state index contributed by atoms with van der Waals surface area (Å²) in [5.41, 5.74) is 0.115. The minimum absolute atomic E-state index is 0.0249. The van der Waals surface area contributed by atoms with Gasteiger partial charge in [0.15, 0.2) is 0 Å². The molecule has 124 valence electrons. The predicted octanol–water partition coefficient (Wildman–Crippen LogP) is 3.46. The molecule has 1 unspecified atom stereocenters. The molecule has 2 aromatic rings. The Morgan fingerprint density at radius 2 is 1.96 bits per heavy atom. The average Bonchev–Trinajstić information content (AvgIpc) is 2.86. The van der Waals surface area contributed by atoms with Gasteiger partial charge in [0.25, 0.3) is 0 Å². The first-order valence-electron chi connectivity index (χ1n) is 6.73. The minimum Gasteiger partial charge on any atom is -0.455 e. The maximum absolute atomic E-state index is 12.7. The average molecular weight is 328 g/mol. The molecule has 3 N–H and O–H groups in total. The second kappa shape index (κ2) is 6.74. The highest BCUT2D eigenvalue weighted by Gasteiger charge is 2.38. The first-order chi connectivity index (χ1) is 10.8. The third-order valence-electron chi connectivity index (χ3n) is 3.00. The summed E-state index contributed by atoms with van der Waals surface area (Å²) in [5, 5.41) is 14.3. The number of amides is 2. The number of aliphatic hydroxyl groups is 1.